The predicted octanol–water partition coefficient (Wildman–Crippen LogP) is 0.721. The van der Waals surface area contributed by atoms with E-state index < -0.39 is 10.8 Å². The number of nitro groups is 1. The van der Waals surface area contributed by atoms with Gasteiger partial charge in [0.15, 0.2) is 5.75 Å². The number of hydrogen-bond donors (Lipinski definition) is 1. The van der Waals surface area contributed by atoms with Crippen molar-refractivity contribution < 1.29 is 14.5 Å². The molecule has 0 heterocycles. The van der Waals surface area contributed by atoms with E-state index in [-0.39, 0.29) is 30.0 Å². The summed E-state index contributed by atoms with van der Waals surface area (Å²) in [6.45, 7) is -0.0396. The van der Waals surface area contributed by atoms with Gasteiger partial charge in [0.25, 0.3) is 0 Å². The summed E-state index contributed by atoms with van der Waals surface area (Å²) < 4.78 is 5.06. The largest absolute Gasteiger partial charge is 0.486 e. The van der Waals surface area contributed by atoms with Crippen molar-refractivity contribution in [3.05, 3.63) is 33.9 Å². The number of primary amides is 1. The molecule has 0 radical (unpaired) electrons. The molecule has 0 saturated carbocycles. The number of amides is 1. The predicted molar refractivity (Wildman–Crippen MR) is 57.1 cm³/mol. The molecule has 0 unspecified atom stereocenters. The zero-order chi connectivity index (χ0) is 12.8. The van der Waals surface area contributed by atoms with Crippen LogP contribution in [0.1, 0.15) is 12.0 Å². The maximum absolute atomic E-state index is 10.7. The van der Waals surface area contributed by atoms with Gasteiger partial charge in [-0.25, -0.2) is 0 Å². The number of rotatable bonds is 5. The highest BCUT2D eigenvalue weighted by atomic mass is 16.6. The number of benzene rings is 1. The van der Waals surface area contributed by atoms with Crippen LogP contribution in [0.15, 0.2) is 18.2 Å². The van der Waals surface area contributed by atoms with Crippen LogP contribution in [-0.4, -0.2) is 17.4 Å². The summed E-state index contributed by atoms with van der Waals surface area (Å²) in [4.78, 5) is 20.5. The Kier molecular flexibility index (Phi) is 4.00. The Labute approximate surface area is 96.6 Å². The minimum absolute atomic E-state index is 0.00949. The van der Waals surface area contributed by atoms with Crippen molar-refractivity contribution in [1.82, 2.24) is 0 Å². The summed E-state index contributed by atoms with van der Waals surface area (Å²) in [7, 11) is 0. The summed E-state index contributed by atoms with van der Waals surface area (Å²) in [5.74, 6) is -0.545. The molecule has 1 aromatic rings. The highest BCUT2D eigenvalue weighted by Gasteiger charge is 2.16. The van der Waals surface area contributed by atoms with Crippen molar-refractivity contribution >= 4 is 11.6 Å². The Hall–Kier alpha value is -2.62. The minimum Gasteiger partial charge on any atom is -0.486 e. The van der Waals surface area contributed by atoms with Crippen LogP contribution < -0.4 is 10.5 Å². The smallest absolute Gasteiger partial charge is 0.312 e. The molecule has 0 fully saturated rings. The lowest BCUT2D eigenvalue weighted by atomic mass is 10.2. The van der Waals surface area contributed by atoms with Crippen LogP contribution >= 0.6 is 0 Å². The summed E-state index contributed by atoms with van der Waals surface area (Å²) in [5, 5.41) is 19.3. The molecule has 0 aliphatic rings. The number of ether oxygens (including phenoxy) is 1. The van der Waals surface area contributed by atoms with E-state index in [4.69, 9.17) is 15.7 Å². The Morgan fingerprint density at radius 3 is 2.82 bits per heavy atom. The third kappa shape index (κ3) is 3.46. The van der Waals surface area contributed by atoms with E-state index in [2.05, 4.69) is 0 Å². The van der Waals surface area contributed by atoms with Crippen LogP contribution in [0.3, 0.4) is 0 Å². The first kappa shape index (κ1) is 12.4. The average Bonchev–Trinajstić information content (AvgIpc) is 2.28. The SMILES string of the molecule is N#Cc1ccc(OCCC(N)=O)c([N+](=O)[O-])c1. The second kappa shape index (κ2) is 5.46. The van der Waals surface area contributed by atoms with Gasteiger partial charge in [0.05, 0.1) is 29.6 Å². The number of nitrogens with zero attached hydrogens (tertiary/aromatic N) is 2. The molecule has 0 spiro atoms. The molecule has 7 heteroatoms. The Bertz CT molecular complexity index is 493. The van der Waals surface area contributed by atoms with E-state index in [0.29, 0.717) is 0 Å². The van der Waals surface area contributed by atoms with Gasteiger partial charge >= 0.3 is 5.69 Å². The topological polar surface area (TPSA) is 119 Å². The number of nitriles is 1. The van der Waals surface area contributed by atoms with Crippen molar-refractivity contribution in [3.63, 3.8) is 0 Å². The quantitative estimate of drug-likeness (QED) is 0.595. The standard InChI is InChI=1S/C10H9N3O4/c11-6-7-1-2-9(8(5-7)13(15)16)17-4-3-10(12)14/h1-2,5H,3-4H2,(H2,12,14). The van der Waals surface area contributed by atoms with Gasteiger partial charge in [-0.1, -0.05) is 0 Å². The maximum atomic E-state index is 10.7. The Balaban J connectivity index is 2.88. The first-order chi connectivity index (χ1) is 8.04. The third-order valence-corrected chi connectivity index (χ3v) is 1.89. The fraction of sp³-hybridized carbons (Fsp3) is 0.200. The van der Waals surface area contributed by atoms with Gasteiger partial charge in [0.2, 0.25) is 5.91 Å². The van der Waals surface area contributed by atoms with E-state index in [1.165, 1.54) is 12.1 Å². The first-order valence-electron chi connectivity index (χ1n) is 4.64. The van der Waals surface area contributed by atoms with Gasteiger partial charge in [-0.05, 0) is 12.1 Å². The number of nitrogens with two attached hydrogens (primary N) is 1. The second-order valence-corrected chi connectivity index (χ2v) is 3.12. The van der Waals surface area contributed by atoms with Crippen molar-refractivity contribution in [2.45, 2.75) is 6.42 Å². The number of carbonyl (C=O) groups excluding carboxylic acids is 1. The second-order valence-electron chi connectivity index (χ2n) is 3.12. The van der Waals surface area contributed by atoms with E-state index >= 15 is 0 Å². The zero-order valence-electron chi connectivity index (χ0n) is 8.75. The highest BCUT2D eigenvalue weighted by Crippen LogP contribution is 2.27. The van der Waals surface area contributed by atoms with Crippen molar-refractivity contribution in [2.24, 2.45) is 5.73 Å². The molecule has 0 atom stereocenters. The lowest BCUT2D eigenvalue weighted by Gasteiger charge is -2.05. The maximum Gasteiger partial charge on any atom is 0.312 e. The molecular weight excluding hydrogens is 226 g/mol. The summed E-state index contributed by atoms with van der Waals surface area (Å²) in [5.41, 5.74) is 4.76. The van der Waals surface area contributed by atoms with Crippen molar-refractivity contribution in [1.29, 1.82) is 5.26 Å². The van der Waals surface area contributed by atoms with Gasteiger partial charge in [-0.15, -0.1) is 0 Å². The van der Waals surface area contributed by atoms with Gasteiger partial charge in [0.1, 0.15) is 0 Å². The van der Waals surface area contributed by atoms with Crippen LogP contribution in [0.2, 0.25) is 0 Å². The van der Waals surface area contributed by atoms with E-state index in [1.807, 2.05) is 0 Å². The fourth-order valence-electron chi connectivity index (χ4n) is 1.11. The monoisotopic (exact) mass is 235 g/mol. The third-order valence-electron chi connectivity index (χ3n) is 1.89. The molecule has 2 N–H and O–H groups in total. The van der Waals surface area contributed by atoms with Crippen molar-refractivity contribution in [3.8, 4) is 11.8 Å². The molecule has 1 rings (SSSR count). The summed E-state index contributed by atoms with van der Waals surface area (Å²) in [6, 6.07) is 5.61. The minimum atomic E-state index is -0.652. The van der Waals surface area contributed by atoms with Gasteiger partial charge < -0.3 is 10.5 Å². The van der Waals surface area contributed by atoms with Crippen molar-refractivity contribution in [2.75, 3.05) is 6.61 Å². The fourth-order valence-corrected chi connectivity index (χ4v) is 1.11. The van der Waals surface area contributed by atoms with Gasteiger partial charge in [0, 0.05) is 6.07 Å². The van der Waals surface area contributed by atoms with Crippen LogP contribution in [0, 0.1) is 21.4 Å². The Morgan fingerprint density at radius 2 is 2.29 bits per heavy atom. The molecule has 0 aliphatic heterocycles. The molecule has 0 saturated heterocycles. The molecular formula is C10H9N3O4. The van der Waals surface area contributed by atoms with E-state index in [0.717, 1.165) is 6.07 Å². The molecule has 0 bridgehead atoms. The van der Waals surface area contributed by atoms with Gasteiger partial charge in [-0.2, -0.15) is 5.26 Å². The van der Waals surface area contributed by atoms with Gasteiger partial charge in [-0.3, -0.25) is 14.9 Å². The van der Waals surface area contributed by atoms with Crippen LogP contribution in [0.4, 0.5) is 5.69 Å². The normalized spacial score (nSPS) is 9.35. The molecule has 17 heavy (non-hydrogen) atoms. The molecule has 0 aliphatic carbocycles. The lowest BCUT2D eigenvalue weighted by molar-refractivity contribution is -0.385. The van der Waals surface area contributed by atoms with Crippen LogP contribution in [0.5, 0.6) is 5.75 Å². The zero-order valence-corrected chi connectivity index (χ0v) is 8.75. The average molecular weight is 235 g/mol. The highest BCUT2D eigenvalue weighted by molar-refractivity contribution is 5.73. The van der Waals surface area contributed by atoms with Crippen LogP contribution in [0.25, 0.3) is 0 Å². The Morgan fingerprint density at radius 1 is 1.59 bits per heavy atom. The summed E-state index contributed by atoms with van der Waals surface area (Å²) >= 11 is 0. The first-order valence-corrected chi connectivity index (χ1v) is 4.64. The summed E-state index contributed by atoms with van der Waals surface area (Å²) in [6.07, 6.45) is -0.0306. The molecule has 1 amide bonds. The lowest BCUT2D eigenvalue weighted by Crippen LogP contribution is -2.14. The number of hydrogen-bond acceptors (Lipinski definition) is 5. The number of nitro benzene ring substituents is 1. The number of carbonyl (C=O) groups is 1. The molecule has 7 nitrogen and oxygen atoms in total. The van der Waals surface area contributed by atoms with E-state index in [9.17, 15) is 14.9 Å². The van der Waals surface area contributed by atoms with Crippen LogP contribution in [-0.2, 0) is 4.79 Å². The molecule has 0 aromatic heterocycles. The van der Waals surface area contributed by atoms with E-state index in [1.54, 1.807) is 6.07 Å². The molecule has 1 aromatic carbocycles. The molecule has 88 valence electrons.